The maximum atomic E-state index is 8.25. The fourth-order valence-corrected chi connectivity index (χ4v) is 0.510. The maximum absolute atomic E-state index is 8.25. The molecule has 0 amide bonds. The Balaban J connectivity index is 0.000000261. The van der Waals surface area contributed by atoms with E-state index in [0.29, 0.717) is 5.82 Å². The molecule has 7 heteroatoms. The molecular formula is C5H8N4O3. The highest BCUT2D eigenvalue weighted by Gasteiger charge is 1.89. The maximum Gasteiger partial charge on any atom is 0.211 e. The molecule has 66 valence electrons. The van der Waals surface area contributed by atoms with Gasteiger partial charge in [0.2, 0.25) is 6.20 Å². The average molecular weight is 172 g/mol. The minimum Gasteiger partial charge on any atom is -0.379 e. The van der Waals surface area contributed by atoms with Crippen LogP contribution in [0.2, 0.25) is 0 Å². The summed E-state index contributed by atoms with van der Waals surface area (Å²) in [5, 5.41) is 14.8. The summed E-state index contributed by atoms with van der Waals surface area (Å²) < 4.78 is 1.85. The number of anilines is 1. The third-order valence-electron chi connectivity index (χ3n) is 0.861. The standard InChI is InChI=1S/C5H8N3.NO3/c1-8-3-2-7-5(6)4-8;2-1(3)4/h2-4H,1H3,(H2,6,7);/q+1;-1. The van der Waals surface area contributed by atoms with E-state index in [-0.39, 0.29) is 0 Å². The van der Waals surface area contributed by atoms with Crippen molar-refractivity contribution in [3.8, 4) is 0 Å². The summed E-state index contributed by atoms with van der Waals surface area (Å²) in [5.74, 6) is 0.551. The molecule has 0 saturated carbocycles. The number of aromatic nitrogens is 2. The van der Waals surface area contributed by atoms with E-state index in [2.05, 4.69) is 4.98 Å². The van der Waals surface area contributed by atoms with E-state index < -0.39 is 5.09 Å². The molecule has 0 spiro atoms. The molecule has 2 N–H and O–H groups in total. The van der Waals surface area contributed by atoms with E-state index >= 15 is 0 Å². The lowest BCUT2D eigenvalue weighted by atomic mass is 10.7. The second-order valence-electron chi connectivity index (χ2n) is 1.87. The van der Waals surface area contributed by atoms with Gasteiger partial charge in [-0.1, -0.05) is 0 Å². The summed E-state index contributed by atoms with van der Waals surface area (Å²) in [4.78, 5) is 12.0. The number of rotatable bonds is 0. The van der Waals surface area contributed by atoms with Gasteiger partial charge in [0.05, 0.1) is 11.3 Å². The number of nitrogens with zero attached hydrogens (tertiary/aromatic N) is 3. The van der Waals surface area contributed by atoms with E-state index in [9.17, 15) is 0 Å². The zero-order valence-electron chi connectivity index (χ0n) is 6.38. The SMILES string of the molecule is C[n+]1ccnc(N)c1.O=[N+]([O-])[O-]. The average Bonchev–Trinajstić information content (AvgIpc) is 1.84. The Hall–Kier alpha value is -1.92. The fourth-order valence-electron chi connectivity index (χ4n) is 0.510. The lowest BCUT2D eigenvalue weighted by Gasteiger charge is -1.85. The first-order valence-corrected chi connectivity index (χ1v) is 2.90. The van der Waals surface area contributed by atoms with Crippen LogP contribution in [-0.4, -0.2) is 10.1 Å². The molecular weight excluding hydrogens is 164 g/mol. The van der Waals surface area contributed by atoms with E-state index in [0.717, 1.165) is 0 Å². The van der Waals surface area contributed by atoms with Gasteiger partial charge < -0.3 is 21.1 Å². The highest BCUT2D eigenvalue weighted by Crippen LogP contribution is 1.82. The Morgan fingerprint density at radius 1 is 1.67 bits per heavy atom. The summed E-state index contributed by atoms with van der Waals surface area (Å²) >= 11 is 0. The van der Waals surface area contributed by atoms with E-state index in [1.165, 1.54) is 0 Å². The highest BCUT2D eigenvalue weighted by atomic mass is 16.9. The van der Waals surface area contributed by atoms with E-state index in [1.807, 2.05) is 17.8 Å². The first kappa shape index (κ1) is 10.1. The Morgan fingerprint density at radius 3 is 2.42 bits per heavy atom. The number of hydrogen-bond donors (Lipinski definition) is 1. The summed E-state index contributed by atoms with van der Waals surface area (Å²) in [6, 6.07) is 0. The molecule has 0 radical (unpaired) electrons. The van der Waals surface area contributed by atoms with Crippen LogP contribution >= 0.6 is 0 Å². The Kier molecular flexibility index (Phi) is 4.06. The molecule has 7 nitrogen and oxygen atoms in total. The van der Waals surface area contributed by atoms with Crippen molar-refractivity contribution in [3.63, 3.8) is 0 Å². The van der Waals surface area contributed by atoms with Crippen LogP contribution in [-0.2, 0) is 7.05 Å². The van der Waals surface area contributed by atoms with Crippen molar-refractivity contribution in [3.05, 3.63) is 33.9 Å². The molecule has 0 aliphatic carbocycles. The second kappa shape index (κ2) is 4.83. The van der Waals surface area contributed by atoms with Gasteiger partial charge in [0.15, 0.2) is 12.0 Å². The zero-order chi connectivity index (χ0) is 9.56. The lowest BCUT2D eigenvalue weighted by molar-refractivity contribution is -0.671. The van der Waals surface area contributed by atoms with Crippen LogP contribution < -0.4 is 10.3 Å². The van der Waals surface area contributed by atoms with Gasteiger partial charge in [0.1, 0.15) is 7.05 Å². The molecule has 0 bridgehead atoms. The summed E-state index contributed by atoms with van der Waals surface area (Å²) in [5.41, 5.74) is 5.33. The topological polar surface area (TPSA) is 109 Å². The predicted octanol–water partition coefficient (Wildman–Crippen LogP) is -0.751. The molecule has 0 aliphatic rings. The molecule has 12 heavy (non-hydrogen) atoms. The molecule has 1 heterocycles. The highest BCUT2D eigenvalue weighted by molar-refractivity contribution is 5.17. The van der Waals surface area contributed by atoms with Crippen molar-refractivity contribution < 1.29 is 9.65 Å². The van der Waals surface area contributed by atoms with Gasteiger partial charge in [-0.25, -0.2) is 9.55 Å². The summed E-state index contributed by atoms with van der Waals surface area (Å²) in [7, 11) is 1.90. The van der Waals surface area contributed by atoms with Crippen molar-refractivity contribution in [2.75, 3.05) is 5.73 Å². The van der Waals surface area contributed by atoms with Gasteiger partial charge in [-0.2, -0.15) is 0 Å². The van der Waals surface area contributed by atoms with Crippen LogP contribution in [0.15, 0.2) is 18.6 Å². The van der Waals surface area contributed by atoms with Crippen LogP contribution in [0.4, 0.5) is 5.82 Å². The predicted molar refractivity (Wildman–Crippen MR) is 40.2 cm³/mol. The molecule has 0 saturated heterocycles. The third kappa shape index (κ3) is 6.20. The van der Waals surface area contributed by atoms with Crippen LogP contribution in [0.5, 0.6) is 0 Å². The van der Waals surface area contributed by atoms with Crippen LogP contribution in [0.1, 0.15) is 0 Å². The van der Waals surface area contributed by atoms with Crippen LogP contribution in [0, 0.1) is 15.3 Å². The van der Waals surface area contributed by atoms with Gasteiger partial charge in [0, 0.05) is 0 Å². The third-order valence-corrected chi connectivity index (χ3v) is 0.861. The van der Waals surface area contributed by atoms with E-state index in [1.54, 1.807) is 12.4 Å². The smallest absolute Gasteiger partial charge is 0.211 e. The molecule has 1 rings (SSSR count). The van der Waals surface area contributed by atoms with Crippen molar-refractivity contribution in [1.82, 2.24) is 4.98 Å². The number of hydrogen-bond acceptors (Lipinski definition) is 5. The largest absolute Gasteiger partial charge is 0.379 e. The van der Waals surface area contributed by atoms with Crippen LogP contribution in [0.25, 0.3) is 0 Å². The fraction of sp³-hybridized carbons (Fsp3) is 0.200. The number of nitrogens with two attached hydrogens (primary N) is 1. The van der Waals surface area contributed by atoms with Crippen molar-refractivity contribution >= 4 is 5.82 Å². The number of nitrogen functional groups attached to an aromatic ring is 1. The van der Waals surface area contributed by atoms with Crippen LogP contribution in [0.3, 0.4) is 0 Å². The van der Waals surface area contributed by atoms with Crippen molar-refractivity contribution in [2.45, 2.75) is 0 Å². The molecule has 0 unspecified atom stereocenters. The monoisotopic (exact) mass is 172 g/mol. The quantitative estimate of drug-likeness (QED) is 0.314. The molecule has 0 fully saturated rings. The molecule has 1 aromatic rings. The molecule has 1 aromatic heterocycles. The molecule has 0 aliphatic heterocycles. The van der Waals surface area contributed by atoms with Gasteiger partial charge in [0.25, 0.3) is 0 Å². The minimum absolute atomic E-state index is 0.551. The Bertz CT molecular complexity index is 243. The van der Waals surface area contributed by atoms with Crippen molar-refractivity contribution in [2.24, 2.45) is 7.05 Å². The number of aryl methyl sites for hydroxylation is 1. The minimum atomic E-state index is -1.75. The second-order valence-corrected chi connectivity index (χ2v) is 1.87. The van der Waals surface area contributed by atoms with Gasteiger partial charge >= 0.3 is 0 Å². The normalized spacial score (nSPS) is 8.08. The zero-order valence-corrected chi connectivity index (χ0v) is 6.38. The van der Waals surface area contributed by atoms with Crippen molar-refractivity contribution in [1.29, 1.82) is 0 Å². The Labute approximate surface area is 68.2 Å². The van der Waals surface area contributed by atoms with Gasteiger partial charge in [-0.05, 0) is 0 Å². The van der Waals surface area contributed by atoms with E-state index in [4.69, 9.17) is 21.1 Å². The Morgan fingerprint density at radius 2 is 2.17 bits per heavy atom. The summed E-state index contributed by atoms with van der Waals surface area (Å²) in [6.07, 6.45) is 5.24. The van der Waals surface area contributed by atoms with Gasteiger partial charge in [-0.15, -0.1) is 0 Å². The summed E-state index contributed by atoms with van der Waals surface area (Å²) in [6.45, 7) is 0. The molecule has 0 aromatic carbocycles. The molecule has 0 atom stereocenters. The lowest BCUT2D eigenvalue weighted by Crippen LogP contribution is -2.27. The first-order valence-electron chi connectivity index (χ1n) is 2.90. The first-order chi connectivity index (χ1) is 5.52. The van der Waals surface area contributed by atoms with Gasteiger partial charge in [-0.3, -0.25) is 0 Å².